The molecule has 0 unspecified atom stereocenters. The van der Waals surface area contributed by atoms with E-state index in [4.69, 9.17) is 9.84 Å². The number of hydrogen-bond donors (Lipinski definition) is 2. The maximum atomic E-state index is 10.7. The van der Waals surface area contributed by atoms with E-state index >= 15 is 0 Å². The number of carbonyl (C=O) groups is 1. The number of rotatable bonds is 7. The van der Waals surface area contributed by atoms with E-state index in [1.54, 1.807) is 6.92 Å². The summed E-state index contributed by atoms with van der Waals surface area (Å²) in [7, 11) is 0. The fourth-order valence-electron chi connectivity index (χ4n) is 1.18. The lowest BCUT2D eigenvalue weighted by Gasteiger charge is -2.08. The molecule has 0 bridgehead atoms. The molecule has 1 aromatic carbocycles. The second-order valence-corrected chi connectivity index (χ2v) is 3.19. The third kappa shape index (κ3) is 4.26. The van der Waals surface area contributed by atoms with Gasteiger partial charge in [-0.2, -0.15) is 0 Å². The lowest BCUT2D eigenvalue weighted by Crippen LogP contribution is -2.11. The van der Waals surface area contributed by atoms with Gasteiger partial charge in [0, 0.05) is 12.1 Å². The van der Waals surface area contributed by atoms with Gasteiger partial charge < -0.3 is 9.84 Å². The molecule has 0 heterocycles. The standard InChI is InChI=1S/C10H12N2O6/c1-2-17-9-4-7(11-18-6-10(13)14)3-8(5-9)12(15)16/h3-5,11H,2,6H2,1H3,(H,13,14). The summed E-state index contributed by atoms with van der Waals surface area (Å²) in [5.74, 6) is -0.855. The summed E-state index contributed by atoms with van der Waals surface area (Å²) in [6.45, 7) is 1.54. The number of benzene rings is 1. The van der Waals surface area contributed by atoms with Crippen LogP contribution in [0.2, 0.25) is 0 Å². The van der Waals surface area contributed by atoms with Crippen LogP contribution in [0.5, 0.6) is 5.75 Å². The number of nitro benzene ring substituents is 1. The number of carboxylic acid groups (broad SMARTS) is 1. The molecule has 1 rings (SSSR count). The number of nitrogens with zero attached hydrogens (tertiary/aromatic N) is 1. The first-order valence-corrected chi connectivity index (χ1v) is 5.04. The third-order valence-electron chi connectivity index (χ3n) is 1.80. The second-order valence-electron chi connectivity index (χ2n) is 3.19. The van der Waals surface area contributed by atoms with Crippen molar-refractivity contribution in [3.05, 3.63) is 28.3 Å². The van der Waals surface area contributed by atoms with Crippen molar-refractivity contribution >= 4 is 17.3 Å². The molecule has 0 saturated carbocycles. The number of aliphatic carboxylic acids is 1. The summed E-state index contributed by atoms with van der Waals surface area (Å²) >= 11 is 0. The van der Waals surface area contributed by atoms with Crippen molar-refractivity contribution in [1.29, 1.82) is 0 Å². The Morgan fingerprint density at radius 1 is 1.50 bits per heavy atom. The Kier molecular flexibility index (Phi) is 4.88. The quantitative estimate of drug-likeness (QED) is 0.560. The third-order valence-corrected chi connectivity index (χ3v) is 1.80. The monoisotopic (exact) mass is 256 g/mol. The summed E-state index contributed by atoms with van der Waals surface area (Å²) in [4.78, 5) is 25.0. The highest BCUT2D eigenvalue weighted by Crippen LogP contribution is 2.26. The van der Waals surface area contributed by atoms with Crippen LogP contribution < -0.4 is 10.2 Å². The first-order valence-electron chi connectivity index (χ1n) is 5.04. The highest BCUT2D eigenvalue weighted by Gasteiger charge is 2.10. The number of nitro groups is 1. The summed E-state index contributed by atoms with van der Waals surface area (Å²) in [6.07, 6.45) is 0. The Balaban J connectivity index is 2.82. The molecule has 0 aromatic heterocycles. The Hall–Kier alpha value is -2.35. The van der Waals surface area contributed by atoms with Crippen LogP contribution in [-0.4, -0.2) is 29.2 Å². The van der Waals surface area contributed by atoms with Gasteiger partial charge in [-0.15, -0.1) is 0 Å². The molecule has 18 heavy (non-hydrogen) atoms. The van der Waals surface area contributed by atoms with Crippen LogP contribution >= 0.6 is 0 Å². The van der Waals surface area contributed by atoms with E-state index in [-0.39, 0.29) is 11.4 Å². The lowest BCUT2D eigenvalue weighted by atomic mass is 10.2. The van der Waals surface area contributed by atoms with Crippen molar-refractivity contribution in [2.75, 3.05) is 18.7 Å². The fraction of sp³-hybridized carbons (Fsp3) is 0.300. The van der Waals surface area contributed by atoms with Crippen LogP contribution in [0.1, 0.15) is 6.92 Å². The number of carboxylic acids is 1. The molecule has 1 aromatic rings. The van der Waals surface area contributed by atoms with Crippen molar-refractivity contribution < 1.29 is 24.4 Å². The van der Waals surface area contributed by atoms with Gasteiger partial charge in [0.05, 0.1) is 23.3 Å². The van der Waals surface area contributed by atoms with Crippen molar-refractivity contribution in [3.8, 4) is 5.75 Å². The molecule has 2 N–H and O–H groups in total. The average molecular weight is 256 g/mol. The molecular weight excluding hydrogens is 244 g/mol. The van der Waals surface area contributed by atoms with Gasteiger partial charge in [-0.05, 0) is 6.92 Å². The zero-order valence-corrected chi connectivity index (χ0v) is 9.58. The topological polar surface area (TPSA) is 111 Å². The van der Waals surface area contributed by atoms with Gasteiger partial charge in [0.15, 0.2) is 6.61 Å². The molecule has 0 aliphatic heterocycles. The van der Waals surface area contributed by atoms with E-state index in [1.165, 1.54) is 18.2 Å². The molecule has 0 aliphatic carbocycles. The van der Waals surface area contributed by atoms with E-state index in [9.17, 15) is 14.9 Å². The molecular formula is C10H12N2O6. The SMILES string of the molecule is CCOc1cc(NOCC(=O)O)cc([N+](=O)[O-])c1. The molecule has 0 saturated heterocycles. The van der Waals surface area contributed by atoms with Crippen LogP contribution in [0.3, 0.4) is 0 Å². The second kappa shape index (κ2) is 6.40. The van der Waals surface area contributed by atoms with E-state index in [0.717, 1.165) is 0 Å². The molecule has 0 atom stereocenters. The lowest BCUT2D eigenvalue weighted by molar-refractivity contribution is -0.384. The normalized spacial score (nSPS) is 9.83. The molecule has 0 fully saturated rings. The van der Waals surface area contributed by atoms with Crippen molar-refractivity contribution in [2.45, 2.75) is 6.92 Å². The number of anilines is 1. The Labute approximate surface area is 102 Å². The van der Waals surface area contributed by atoms with Gasteiger partial charge >= 0.3 is 5.97 Å². The minimum absolute atomic E-state index is 0.178. The molecule has 98 valence electrons. The maximum Gasteiger partial charge on any atom is 0.332 e. The maximum absolute atomic E-state index is 10.7. The van der Waals surface area contributed by atoms with Crippen LogP contribution in [0.15, 0.2) is 18.2 Å². The first kappa shape index (κ1) is 13.7. The minimum atomic E-state index is -1.15. The number of hydrogen-bond acceptors (Lipinski definition) is 6. The highest BCUT2D eigenvalue weighted by atomic mass is 16.7. The number of non-ortho nitro benzene ring substituents is 1. The number of ether oxygens (including phenoxy) is 1. The average Bonchev–Trinajstić information content (AvgIpc) is 2.28. The van der Waals surface area contributed by atoms with Gasteiger partial charge in [0.2, 0.25) is 0 Å². The van der Waals surface area contributed by atoms with Crippen LogP contribution in [-0.2, 0) is 9.63 Å². The van der Waals surface area contributed by atoms with Gasteiger partial charge in [-0.25, -0.2) is 4.79 Å². The summed E-state index contributed by atoms with van der Waals surface area (Å²) in [5, 5.41) is 19.1. The molecule has 0 radical (unpaired) electrons. The zero-order chi connectivity index (χ0) is 13.5. The van der Waals surface area contributed by atoms with Gasteiger partial charge in [0.1, 0.15) is 5.75 Å². The summed E-state index contributed by atoms with van der Waals surface area (Å²) in [6, 6.07) is 3.95. The van der Waals surface area contributed by atoms with E-state index in [1.807, 2.05) is 0 Å². The van der Waals surface area contributed by atoms with Gasteiger partial charge in [0.25, 0.3) is 5.69 Å². The Morgan fingerprint density at radius 2 is 2.22 bits per heavy atom. The molecule has 0 aliphatic rings. The van der Waals surface area contributed by atoms with Crippen molar-refractivity contribution in [3.63, 3.8) is 0 Å². The summed E-state index contributed by atoms with van der Waals surface area (Å²) in [5.41, 5.74) is 2.37. The fourth-order valence-corrected chi connectivity index (χ4v) is 1.18. The van der Waals surface area contributed by atoms with E-state index < -0.39 is 17.5 Å². The van der Waals surface area contributed by atoms with Gasteiger partial charge in [-0.3, -0.25) is 20.4 Å². The van der Waals surface area contributed by atoms with Crippen molar-refractivity contribution in [2.24, 2.45) is 0 Å². The zero-order valence-electron chi connectivity index (χ0n) is 9.58. The predicted octanol–water partition coefficient (Wildman–Crippen LogP) is 1.42. The van der Waals surface area contributed by atoms with Crippen LogP contribution in [0, 0.1) is 10.1 Å². The van der Waals surface area contributed by atoms with E-state index in [2.05, 4.69) is 10.3 Å². The Bertz CT molecular complexity index is 448. The van der Waals surface area contributed by atoms with Crippen molar-refractivity contribution in [1.82, 2.24) is 0 Å². The molecule has 0 amide bonds. The van der Waals surface area contributed by atoms with Crippen LogP contribution in [0.25, 0.3) is 0 Å². The predicted molar refractivity (Wildman–Crippen MR) is 61.5 cm³/mol. The minimum Gasteiger partial charge on any atom is -0.494 e. The number of nitrogens with one attached hydrogen (secondary N) is 1. The van der Waals surface area contributed by atoms with E-state index in [0.29, 0.717) is 12.4 Å². The van der Waals surface area contributed by atoms with Crippen LogP contribution in [0.4, 0.5) is 11.4 Å². The Morgan fingerprint density at radius 3 is 2.78 bits per heavy atom. The summed E-state index contributed by atoms with van der Waals surface area (Å²) < 4.78 is 5.15. The molecule has 8 nitrogen and oxygen atoms in total. The first-order chi connectivity index (χ1) is 8.52. The molecule has 8 heteroatoms. The van der Waals surface area contributed by atoms with Gasteiger partial charge in [-0.1, -0.05) is 0 Å². The molecule has 0 spiro atoms. The highest BCUT2D eigenvalue weighted by molar-refractivity contribution is 5.68. The largest absolute Gasteiger partial charge is 0.494 e. The smallest absolute Gasteiger partial charge is 0.332 e.